The normalized spacial score (nSPS) is 13.7. The highest BCUT2D eigenvalue weighted by Crippen LogP contribution is 2.12. The van der Waals surface area contributed by atoms with E-state index in [1.807, 2.05) is 0 Å². The first kappa shape index (κ1) is 15.0. The van der Waals surface area contributed by atoms with Gasteiger partial charge in [-0.15, -0.1) is 0 Å². The number of carbonyl (C=O) groups excluding carboxylic acids is 1. The van der Waals surface area contributed by atoms with E-state index in [1.54, 1.807) is 13.8 Å². The van der Waals surface area contributed by atoms with Crippen LogP contribution >= 0.6 is 0 Å². The van der Waals surface area contributed by atoms with Crippen LogP contribution in [0.15, 0.2) is 12.3 Å². The molecule has 5 nitrogen and oxygen atoms in total. The van der Waals surface area contributed by atoms with Gasteiger partial charge >= 0.3 is 5.97 Å². The van der Waals surface area contributed by atoms with Crippen LogP contribution in [0, 0.1) is 17.7 Å². The zero-order chi connectivity index (χ0) is 14.6. The van der Waals surface area contributed by atoms with Crippen molar-refractivity contribution in [3.05, 3.63) is 29.6 Å². The van der Waals surface area contributed by atoms with E-state index in [4.69, 9.17) is 5.11 Å². The van der Waals surface area contributed by atoms with Crippen LogP contribution in [0.25, 0.3) is 0 Å². The Bertz CT molecular complexity index is 494. The number of carboxylic acids is 1. The monoisotopic (exact) mass is 272 g/mol. The second-order valence-corrected chi connectivity index (χ2v) is 4.14. The molecule has 0 saturated carbocycles. The van der Waals surface area contributed by atoms with Gasteiger partial charge in [-0.3, -0.25) is 4.79 Å². The number of hydrogen-bond donors (Lipinski definition) is 2. The van der Waals surface area contributed by atoms with E-state index in [2.05, 4.69) is 10.3 Å². The van der Waals surface area contributed by atoms with Gasteiger partial charge in [0.25, 0.3) is 5.91 Å². The van der Waals surface area contributed by atoms with Gasteiger partial charge in [0.1, 0.15) is 6.04 Å². The number of carboxylic acid groups (broad SMARTS) is 1. The molecule has 1 heterocycles. The smallest absolute Gasteiger partial charge is 0.326 e. The van der Waals surface area contributed by atoms with Gasteiger partial charge in [0.05, 0.1) is 5.56 Å². The van der Waals surface area contributed by atoms with E-state index in [9.17, 15) is 18.4 Å². The van der Waals surface area contributed by atoms with Crippen LogP contribution in [0.5, 0.6) is 0 Å². The lowest BCUT2D eigenvalue weighted by Crippen LogP contribution is -2.45. The number of nitrogens with one attached hydrogen (secondary N) is 1. The second kappa shape index (κ2) is 6.21. The first-order valence-corrected chi connectivity index (χ1v) is 5.72. The van der Waals surface area contributed by atoms with E-state index in [0.717, 1.165) is 12.3 Å². The number of hydrogen-bond acceptors (Lipinski definition) is 3. The van der Waals surface area contributed by atoms with Gasteiger partial charge in [-0.2, -0.15) is 4.39 Å². The van der Waals surface area contributed by atoms with E-state index < -0.39 is 35.2 Å². The van der Waals surface area contributed by atoms with E-state index in [0.29, 0.717) is 6.42 Å². The summed E-state index contributed by atoms with van der Waals surface area (Å²) in [7, 11) is 0. The number of pyridine rings is 1. The first-order valence-electron chi connectivity index (χ1n) is 5.72. The van der Waals surface area contributed by atoms with Crippen LogP contribution in [0.3, 0.4) is 0 Å². The fourth-order valence-electron chi connectivity index (χ4n) is 1.50. The maximum Gasteiger partial charge on any atom is 0.326 e. The third kappa shape index (κ3) is 3.46. The molecule has 104 valence electrons. The Hall–Kier alpha value is -2.05. The molecule has 0 aliphatic rings. The predicted molar refractivity (Wildman–Crippen MR) is 62.5 cm³/mol. The molecule has 2 atom stereocenters. The summed E-state index contributed by atoms with van der Waals surface area (Å²) in [5.74, 6) is -5.34. The average Bonchev–Trinajstić information content (AvgIpc) is 2.37. The Balaban J connectivity index is 2.94. The number of halogens is 2. The molecule has 1 aromatic heterocycles. The zero-order valence-electron chi connectivity index (χ0n) is 10.5. The molecule has 1 rings (SSSR count). The van der Waals surface area contributed by atoms with Crippen LogP contribution in [-0.4, -0.2) is 28.0 Å². The Labute approximate surface area is 108 Å². The van der Waals surface area contributed by atoms with E-state index >= 15 is 0 Å². The molecule has 0 aliphatic carbocycles. The summed E-state index contributed by atoms with van der Waals surface area (Å²) in [4.78, 5) is 25.8. The van der Waals surface area contributed by atoms with Gasteiger partial charge in [-0.05, 0) is 12.0 Å². The number of rotatable bonds is 5. The van der Waals surface area contributed by atoms with Gasteiger partial charge in [0.2, 0.25) is 5.95 Å². The number of carbonyl (C=O) groups is 2. The van der Waals surface area contributed by atoms with Gasteiger partial charge in [0, 0.05) is 6.20 Å². The lowest BCUT2D eigenvalue weighted by Gasteiger charge is -2.20. The van der Waals surface area contributed by atoms with E-state index in [-0.39, 0.29) is 5.92 Å². The van der Waals surface area contributed by atoms with Gasteiger partial charge in [0.15, 0.2) is 5.82 Å². The van der Waals surface area contributed by atoms with Crippen LogP contribution in [0.4, 0.5) is 8.78 Å². The highest BCUT2D eigenvalue weighted by Gasteiger charge is 2.27. The van der Waals surface area contributed by atoms with Crippen molar-refractivity contribution < 1.29 is 23.5 Å². The Morgan fingerprint density at radius 2 is 2.11 bits per heavy atom. The summed E-state index contributed by atoms with van der Waals surface area (Å²) >= 11 is 0. The van der Waals surface area contributed by atoms with Gasteiger partial charge in [-0.1, -0.05) is 20.3 Å². The topological polar surface area (TPSA) is 79.3 Å². The quantitative estimate of drug-likeness (QED) is 0.798. The standard InChI is InChI=1S/C12H14F2N2O3/c1-3-6(2)9(12(18)19)16-11(17)7-4-5-15-10(14)8(7)13/h4-6,9H,3H2,1-2H3,(H,16,17)(H,18,19)/t6?,9-/m0/s1. The molecule has 19 heavy (non-hydrogen) atoms. The Morgan fingerprint density at radius 1 is 1.47 bits per heavy atom. The van der Waals surface area contributed by atoms with Crippen LogP contribution in [0.2, 0.25) is 0 Å². The lowest BCUT2D eigenvalue weighted by atomic mass is 9.99. The van der Waals surface area contributed by atoms with Crippen molar-refractivity contribution in [2.75, 3.05) is 0 Å². The Morgan fingerprint density at radius 3 is 2.63 bits per heavy atom. The fourth-order valence-corrected chi connectivity index (χ4v) is 1.50. The molecule has 2 N–H and O–H groups in total. The van der Waals surface area contributed by atoms with E-state index in [1.165, 1.54) is 0 Å². The molecule has 0 fully saturated rings. The van der Waals surface area contributed by atoms with Crippen molar-refractivity contribution in [2.45, 2.75) is 26.3 Å². The molecule has 1 unspecified atom stereocenters. The lowest BCUT2D eigenvalue weighted by molar-refractivity contribution is -0.140. The Kier molecular flexibility index (Phi) is 4.91. The second-order valence-electron chi connectivity index (χ2n) is 4.14. The van der Waals surface area contributed by atoms with Crippen molar-refractivity contribution in [3.8, 4) is 0 Å². The van der Waals surface area contributed by atoms with Crippen LogP contribution < -0.4 is 5.32 Å². The van der Waals surface area contributed by atoms with Crippen molar-refractivity contribution in [1.82, 2.24) is 10.3 Å². The summed E-state index contributed by atoms with van der Waals surface area (Å²) in [5.41, 5.74) is -0.568. The molecule has 0 aromatic carbocycles. The zero-order valence-corrected chi connectivity index (χ0v) is 10.5. The minimum Gasteiger partial charge on any atom is -0.480 e. The summed E-state index contributed by atoms with van der Waals surface area (Å²) in [5, 5.41) is 11.2. The number of aliphatic carboxylic acids is 1. The average molecular weight is 272 g/mol. The third-order valence-electron chi connectivity index (χ3n) is 2.86. The molecule has 0 bridgehead atoms. The van der Waals surface area contributed by atoms with Crippen LogP contribution in [-0.2, 0) is 4.79 Å². The molecular weight excluding hydrogens is 258 g/mol. The number of nitrogens with zero attached hydrogens (tertiary/aromatic N) is 1. The maximum absolute atomic E-state index is 13.3. The SMILES string of the molecule is CCC(C)[C@H](NC(=O)c1ccnc(F)c1F)C(=O)O. The first-order chi connectivity index (χ1) is 8.88. The van der Waals surface area contributed by atoms with Crippen molar-refractivity contribution >= 4 is 11.9 Å². The minimum absolute atomic E-state index is 0.337. The summed E-state index contributed by atoms with van der Waals surface area (Å²) in [6.45, 7) is 3.40. The molecule has 0 aliphatic heterocycles. The summed E-state index contributed by atoms with van der Waals surface area (Å²) in [6.07, 6.45) is 1.46. The molecule has 0 spiro atoms. The summed E-state index contributed by atoms with van der Waals surface area (Å²) in [6, 6.07) is -0.170. The van der Waals surface area contributed by atoms with Crippen LogP contribution in [0.1, 0.15) is 30.6 Å². The molecule has 0 radical (unpaired) electrons. The summed E-state index contributed by atoms with van der Waals surface area (Å²) < 4.78 is 26.2. The highest BCUT2D eigenvalue weighted by atomic mass is 19.2. The maximum atomic E-state index is 13.3. The number of aromatic nitrogens is 1. The largest absolute Gasteiger partial charge is 0.480 e. The molecule has 1 aromatic rings. The van der Waals surface area contributed by atoms with Gasteiger partial charge < -0.3 is 10.4 Å². The number of amides is 1. The van der Waals surface area contributed by atoms with Crippen molar-refractivity contribution in [3.63, 3.8) is 0 Å². The molecule has 7 heteroatoms. The molecule has 0 saturated heterocycles. The highest BCUT2D eigenvalue weighted by molar-refractivity contribution is 5.96. The fraction of sp³-hybridized carbons (Fsp3) is 0.417. The minimum atomic E-state index is -1.40. The van der Waals surface area contributed by atoms with Crippen molar-refractivity contribution in [2.24, 2.45) is 5.92 Å². The van der Waals surface area contributed by atoms with Crippen molar-refractivity contribution in [1.29, 1.82) is 0 Å². The predicted octanol–water partition coefficient (Wildman–Crippen LogP) is 1.59. The third-order valence-corrected chi connectivity index (χ3v) is 2.86. The molecule has 1 amide bonds. The van der Waals surface area contributed by atoms with Gasteiger partial charge in [-0.25, -0.2) is 14.2 Å². The molecular formula is C12H14F2N2O3.